The van der Waals surface area contributed by atoms with E-state index in [4.69, 9.17) is 5.11 Å². The largest absolute Gasteiger partial charge is 0.478 e. The van der Waals surface area contributed by atoms with E-state index in [1.54, 1.807) is 4.57 Å². The predicted octanol–water partition coefficient (Wildman–Crippen LogP) is 3.80. The van der Waals surface area contributed by atoms with E-state index in [-0.39, 0.29) is 11.1 Å². The second-order valence-corrected chi connectivity index (χ2v) is 6.72. The van der Waals surface area contributed by atoms with Crippen molar-refractivity contribution in [2.75, 3.05) is 0 Å². The molecule has 3 aromatic rings. The van der Waals surface area contributed by atoms with Crippen LogP contribution in [0.25, 0.3) is 22.6 Å². The van der Waals surface area contributed by atoms with Crippen molar-refractivity contribution in [2.24, 2.45) is 0 Å². The van der Waals surface area contributed by atoms with Gasteiger partial charge in [-0.2, -0.15) is 0 Å². The van der Waals surface area contributed by atoms with Gasteiger partial charge in [0, 0.05) is 11.0 Å². The molecule has 124 valence electrons. The van der Waals surface area contributed by atoms with Gasteiger partial charge in [0.05, 0.1) is 16.5 Å². The molecule has 0 saturated carbocycles. The highest BCUT2D eigenvalue weighted by Crippen LogP contribution is 2.29. The summed E-state index contributed by atoms with van der Waals surface area (Å²) in [5, 5.41) is 9.60. The number of fused-ring (bicyclic) bond motifs is 2. The molecule has 2 aromatic carbocycles. The number of hydrogen-bond acceptors (Lipinski definition) is 3. The van der Waals surface area contributed by atoms with E-state index in [9.17, 15) is 9.59 Å². The molecule has 0 bridgehead atoms. The third-order valence-electron chi connectivity index (χ3n) is 4.33. The summed E-state index contributed by atoms with van der Waals surface area (Å²) in [6, 6.07) is 12.3. The number of hydrogen-bond donors (Lipinski definition) is 1. The van der Waals surface area contributed by atoms with Crippen LogP contribution in [0.1, 0.15) is 28.2 Å². The average Bonchev–Trinajstić information content (AvgIpc) is 3.00. The standard InChI is InChI=1S/C19H13BrN2O3/c20-15-4-2-1-3-11(15)9-12-7-8-22-17(12)21-16-10-13(19(24)25)5-6-14(16)18(22)23/h1-6,9-10H,7-8H2,(H,24,25). The monoisotopic (exact) mass is 396 g/mol. The van der Waals surface area contributed by atoms with Gasteiger partial charge in [0.15, 0.2) is 0 Å². The molecule has 2 heterocycles. The molecule has 1 N–H and O–H groups in total. The van der Waals surface area contributed by atoms with Gasteiger partial charge in [-0.1, -0.05) is 34.1 Å². The van der Waals surface area contributed by atoms with Crippen LogP contribution in [0.3, 0.4) is 0 Å². The van der Waals surface area contributed by atoms with Gasteiger partial charge < -0.3 is 5.11 Å². The molecule has 1 aliphatic heterocycles. The Balaban J connectivity index is 1.92. The Morgan fingerprint density at radius 3 is 2.80 bits per heavy atom. The van der Waals surface area contributed by atoms with E-state index in [0.717, 1.165) is 15.6 Å². The number of aromatic carboxylic acids is 1. The maximum atomic E-state index is 12.7. The molecule has 0 atom stereocenters. The van der Waals surface area contributed by atoms with Gasteiger partial charge in [0.25, 0.3) is 5.56 Å². The highest BCUT2D eigenvalue weighted by atomic mass is 79.9. The summed E-state index contributed by atoms with van der Waals surface area (Å²) in [4.78, 5) is 28.5. The van der Waals surface area contributed by atoms with Gasteiger partial charge in [-0.15, -0.1) is 0 Å². The lowest BCUT2D eigenvalue weighted by molar-refractivity contribution is 0.0697. The minimum Gasteiger partial charge on any atom is -0.478 e. The van der Waals surface area contributed by atoms with Gasteiger partial charge in [-0.25, -0.2) is 9.78 Å². The first kappa shape index (κ1) is 15.8. The van der Waals surface area contributed by atoms with Crippen molar-refractivity contribution >= 4 is 44.5 Å². The molecule has 0 unspecified atom stereocenters. The summed E-state index contributed by atoms with van der Waals surface area (Å²) in [7, 11) is 0. The van der Waals surface area contributed by atoms with Crippen LogP contribution in [0, 0.1) is 0 Å². The number of nitrogens with zero attached hydrogens (tertiary/aromatic N) is 2. The number of carboxylic acid groups (broad SMARTS) is 1. The molecule has 0 spiro atoms. The van der Waals surface area contributed by atoms with E-state index in [0.29, 0.717) is 29.7 Å². The molecule has 0 fully saturated rings. The zero-order chi connectivity index (χ0) is 17.6. The molecule has 25 heavy (non-hydrogen) atoms. The Bertz CT molecular complexity index is 1120. The molecular formula is C19H13BrN2O3. The number of carboxylic acids is 1. The summed E-state index contributed by atoms with van der Waals surface area (Å²) >= 11 is 3.52. The third kappa shape index (κ3) is 2.68. The number of carbonyl (C=O) groups is 1. The second-order valence-electron chi connectivity index (χ2n) is 5.87. The van der Waals surface area contributed by atoms with Gasteiger partial charge in [0.1, 0.15) is 5.82 Å². The fraction of sp³-hybridized carbons (Fsp3) is 0.105. The van der Waals surface area contributed by atoms with Gasteiger partial charge in [-0.3, -0.25) is 9.36 Å². The predicted molar refractivity (Wildman–Crippen MR) is 99.6 cm³/mol. The Morgan fingerprint density at radius 1 is 1.24 bits per heavy atom. The van der Waals surface area contributed by atoms with Crippen molar-refractivity contribution in [3.05, 3.63) is 74.2 Å². The quantitative estimate of drug-likeness (QED) is 0.714. The number of allylic oxidation sites excluding steroid dienone is 1. The minimum absolute atomic E-state index is 0.124. The highest BCUT2D eigenvalue weighted by Gasteiger charge is 2.21. The second kappa shape index (κ2) is 5.97. The molecule has 1 aromatic heterocycles. The molecule has 1 aliphatic rings. The molecule has 0 amide bonds. The van der Waals surface area contributed by atoms with Crippen molar-refractivity contribution in [3.63, 3.8) is 0 Å². The SMILES string of the molecule is O=C(O)c1ccc2c(=O)n3c(nc2c1)C(=Cc1ccccc1Br)CC3. The van der Waals surface area contributed by atoms with Crippen molar-refractivity contribution in [3.8, 4) is 0 Å². The van der Waals surface area contributed by atoms with Crippen molar-refractivity contribution in [2.45, 2.75) is 13.0 Å². The number of benzene rings is 2. The van der Waals surface area contributed by atoms with E-state index >= 15 is 0 Å². The number of halogens is 1. The molecule has 0 aliphatic carbocycles. The lowest BCUT2D eigenvalue weighted by Gasteiger charge is -2.06. The Morgan fingerprint density at radius 2 is 2.04 bits per heavy atom. The summed E-state index contributed by atoms with van der Waals surface area (Å²) in [6.45, 7) is 0.577. The first-order valence-electron chi connectivity index (χ1n) is 7.78. The van der Waals surface area contributed by atoms with E-state index in [2.05, 4.69) is 20.9 Å². The highest BCUT2D eigenvalue weighted by molar-refractivity contribution is 9.10. The van der Waals surface area contributed by atoms with Crippen molar-refractivity contribution in [1.82, 2.24) is 9.55 Å². The molecule has 0 radical (unpaired) electrons. The molecule has 4 rings (SSSR count). The smallest absolute Gasteiger partial charge is 0.335 e. The van der Waals surface area contributed by atoms with Crippen molar-refractivity contribution in [1.29, 1.82) is 0 Å². The van der Waals surface area contributed by atoms with Crippen LogP contribution in [-0.2, 0) is 6.54 Å². The van der Waals surface area contributed by atoms with Crippen LogP contribution in [0.4, 0.5) is 0 Å². The van der Waals surface area contributed by atoms with Crippen LogP contribution in [-0.4, -0.2) is 20.6 Å². The van der Waals surface area contributed by atoms with Crippen LogP contribution >= 0.6 is 15.9 Å². The third-order valence-corrected chi connectivity index (χ3v) is 5.05. The Hall–Kier alpha value is -2.73. The minimum atomic E-state index is -1.03. The average molecular weight is 397 g/mol. The van der Waals surface area contributed by atoms with E-state index in [1.807, 2.05) is 30.3 Å². The van der Waals surface area contributed by atoms with Crippen LogP contribution in [0.2, 0.25) is 0 Å². The number of rotatable bonds is 2. The summed E-state index contributed by atoms with van der Waals surface area (Å²) in [5.41, 5.74) is 2.38. The topological polar surface area (TPSA) is 72.2 Å². The van der Waals surface area contributed by atoms with Crippen LogP contribution in [0.5, 0.6) is 0 Å². The molecule has 5 nitrogen and oxygen atoms in total. The summed E-state index contributed by atoms with van der Waals surface area (Å²) < 4.78 is 2.63. The zero-order valence-corrected chi connectivity index (χ0v) is 14.7. The maximum absolute atomic E-state index is 12.7. The number of aromatic nitrogens is 2. The van der Waals surface area contributed by atoms with Crippen molar-refractivity contribution < 1.29 is 9.90 Å². The van der Waals surface area contributed by atoms with Gasteiger partial charge >= 0.3 is 5.97 Å². The molecular weight excluding hydrogens is 384 g/mol. The summed E-state index contributed by atoms with van der Waals surface area (Å²) in [6.07, 6.45) is 2.73. The molecule has 0 saturated heterocycles. The van der Waals surface area contributed by atoms with Crippen LogP contribution in [0.15, 0.2) is 51.7 Å². The van der Waals surface area contributed by atoms with E-state index < -0.39 is 5.97 Å². The van der Waals surface area contributed by atoms with Gasteiger partial charge in [-0.05, 0) is 47.9 Å². The van der Waals surface area contributed by atoms with Gasteiger partial charge in [0.2, 0.25) is 0 Å². The normalized spacial score (nSPS) is 14.8. The molecule has 6 heteroatoms. The first-order chi connectivity index (χ1) is 12.0. The fourth-order valence-corrected chi connectivity index (χ4v) is 3.47. The summed E-state index contributed by atoms with van der Waals surface area (Å²) in [5.74, 6) is -0.427. The van der Waals surface area contributed by atoms with Crippen LogP contribution < -0.4 is 5.56 Å². The lowest BCUT2D eigenvalue weighted by atomic mass is 10.1. The maximum Gasteiger partial charge on any atom is 0.335 e. The zero-order valence-electron chi connectivity index (χ0n) is 13.1. The lowest BCUT2D eigenvalue weighted by Crippen LogP contribution is -2.21. The Labute approximate surface area is 151 Å². The van der Waals surface area contributed by atoms with E-state index in [1.165, 1.54) is 18.2 Å². The fourth-order valence-electron chi connectivity index (χ4n) is 3.07. The first-order valence-corrected chi connectivity index (χ1v) is 8.57. The Kier molecular flexibility index (Phi) is 3.77.